The van der Waals surface area contributed by atoms with Gasteiger partial charge in [0.1, 0.15) is 0 Å². The number of nitrogens with one attached hydrogen (secondary N) is 1. The molecule has 0 radical (unpaired) electrons. The van der Waals surface area contributed by atoms with Crippen LogP contribution in [0.4, 0.5) is 0 Å². The highest BCUT2D eigenvalue weighted by molar-refractivity contribution is 7.09. The molecule has 0 spiro atoms. The van der Waals surface area contributed by atoms with Crippen LogP contribution in [0.1, 0.15) is 50.8 Å². The Bertz CT molecular complexity index is 387. The zero-order valence-electron chi connectivity index (χ0n) is 12.0. The van der Waals surface area contributed by atoms with Crippen LogP contribution >= 0.6 is 11.3 Å². The summed E-state index contributed by atoms with van der Waals surface area (Å²) >= 11 is 1.78. The summed E-state index contributed by atoms with van der Waals surface area (Å²) in [6.45, 7) is 4.58. The Labute approximate surface area is 120 Å². The van der Waals surface area contributed by atoms with Gasteiger partial charge in [-0.2, -0.15) is 0 Å². The lowest BCUT2D eigenvalue weighted by molar-refractivity contribution is -0.122. The molecule has 0 aromatic carbocycles. The molecule has 0 saturated heterocycles. The maximum atomic E-state index is 12.0. The van der Waals surface area contributed by atoms with Gasteiger partial charge in [-0.15, -0.1) is 11.3 Å². The van der Waals surface area contributed by atoms with Gasteiger partial charge in [0.25, 0.3) is 0 Å². The number of thiophene rings is 1. The number of carbonyl (C=O) groups excluding carboxylic acids is 1. The lowest BCUT2D eigenvalue weighted by atomic mass is 9.78. The van der Waals surface area contributed by atoms with Crippen LogP contribution in [-0.4, -0.2) is 11.9 Å². The number of rotatable bonds is 5. The molecule has 1 aromatic rings. The lowest BCUT2D eigenvalue weighted by Gasteiger charge is -2.34. The average Bonchev–Trinajstić information content (AvgIpc) is 2.88. The predicted octanol–water partition coefficient (Wildman–Crippen LogP) is 4.01. The van der Waals surface area contributed by atoms with Gasteiger partial charge in [-0.1, -0.05) is 32.8 Å². The van der Waals surface area contributed by atoms with E-state index in [1.807, 2.05) is 0 Å². The van der Waals surface area contributed by atoms with Gasteiger partial charge in [-0.25, -0.2) is 0 Å². The molecular weight excluding hydrogens is 254 g/mol. The molecule has 3 atom stereocenters. The summed E-state index contributed by atoms with van der Waals surface area (Å²) in [5.74, 6) is 1.60. The minimum atomic E-state index is 0.238. The fraction of sp³-hybridized carbons (Fsp3) is 0.688. The van der Waals surface area contributed by atoms with Crippen LogP contribution in [0.25, 0.3) is 0 Å². The fourth-order valence-corrected chi connectivity index (χ4v) is 3.69. The van der Waals surface area contributed by atoms with E-state index >= 15 is 0 Å². The Morgan fingerprint density at radius 1 is 1.42 bits per heavy atom. The van der Waals surface area contributed by atoms with E-state index in [0.717, 1.165) is 25.2 Å². The summed E-state index contributed by atoms with van der Waals surface area (Å²) in [7, 11) is 0. The lowest BCUT2D eigenvalue weighted by Crippen LogP contribution is -2.43. The van der Waals surface area contributed by atoms with E-state index < -0.39 is 0 Å². The van der Waals surface area contributed by atoms with Crippen molar-refractivity contribution >= 4 is 17.2 Å². The molecule has 1 aliphatic carbocycles. The van der Waals surface area contributed by atoms with Crippen LogP contribution in [0.5, 0.6) is 0 Å². The van der Waals surface area contributed by atoms with E-state index in [9.17, 15) is 4.79 Å². The first-order valence-electron chi connectivity index (χ1n) is 7.48. The molecule has 1 aliphatic rings. The molecule has 106 valence electrons. The van der Waals surface area contributed by atoms with Crippen molar-refractivity contribution in [2.24, 2.45) is 11.8 Å². The van der Waals surface area contributed by atoms with E-state index in [4.69, 9.17) is 0 Å². The standard InChI is InChI=1S/C16H25NOS/c1-12-6-3-9-15(13(12)2)17-16(18)10-4-7-14-8-5-11-19-14/h5,8,11-13,15H,3-4,6-7,9-10H2,1-2H3,(H,17,18)/t12-,13-,15+/m1/s1. The fourth-order valence-electron chi connectivity index (χ4n) is 2.94. The van der Waals surface area contributed by atoms with Gasteiger partial charge in [-0.3, -0.25) is 4.79 Å². The molecule has 1 heterocycles. The van der Waals surface area contributed by atoms with Gasteiger partial charge >= 0.3 is 0 Å². The van der Waals surface area contributed by atoms with Crippen molar-refractivity contribution < 1.29 is 4.79 Å². The second-order valence-electron chi connectivity index (χ2n) is 5.87. The Morgan fingerprint density at radius 3 is 3.00 bits per heavy atom. The molecular formula is C16H25NOS. The second kappa shape index (κ2) is 7.09. The van der Waals surface area contributed by atoms with E-state index in [1.165, 1.54) is 17.7 Å². The Balaban J connectivity index is 1.69. The van der Waals surface area contributed by atoms with Crippen molar-refractivity contribution in [1.82, 2.24) is 5.32 Å². The maximum absolute atomic E-state index is 12.0. The number of aryl methyl sites for hydroxylation is 1. The molecule has 0 aliphatic heterocycles. The summed E-state index contributed by atoms with van der Waals surface area (Å²) in [6, 6.07) is 4.62. The summed E-state index contributed by atoms with van der Waals surface area (Å²) in [5, 5.41) is 5.34. The molecule has 1 aromatic heterocycles. The van der Waals surface area contributed by atoms with E-state index in [0.29, 0.717) is 18.4 Å². The third-order valence-corrected chi connectivity index (χ3v) is 5.40. The molecule has 0 bridgehead atoms. The number of hydrogen-bond donors (Lipinski definition) is 1. The number of hydrogen-bond acceptors (Lipinski definition) is 2. The topological polar surface area (TPSA) is 29.1 Å². The molecule has 1 amide bonds. The van der Waals surface area contributed by atoms with Gasteiger partial charge < -0.3 is 5.32 Å². The summed E-state index contributed by atoms with van der Waals surface area (Å²) in [4.78, 5) is 13.4. The summed E-state index contributed by atoms with van der Waals surface area (Å²) in [5.41, 5.74) is 0. The minimum Gasteiger partial charge on any atom is -0.353 e. The minimum absolute atomic E-state index is 0.238. The van der Waals surface area contributed by atoms with Crippen molar-refractivity contribution in [3.05, 3.63) is 22.4 Å². The first kappa shape index (κ1) is 14.6. The van der Waals surface area contributed by atoms with Crippen LogP contribution < -0.4 is 5.32 Å². The van der Waals surface area contributed by atoms with Gasteiger partial charge in [0.05, 0.1) is 0 Å². The molecule has 19 heavy (non-hydrogen) atoms. The Kier molecular flexibility index (Phi) is 5.44. The van der Waals surface area contributed by atoms with E-state index in [-0.39, 0.29) is 5.91 Å². The average molecular weight is 279 g/mol. The maximum Gasteiger partial charge on any atom is 0.220 e. The molecule has 2 nitrogen and oxygen atoms in total. The van der Waals surface area contributed by atoms with Crippen molar-refractivity contribution in [3.8, 4) is 0 Å². The monoisotopic (exact) mass is 279 g/mol. The van der Waals surface area contributed by atoms with E-state index in [1.54, 1.807) is 11.3 Å². The molecule has 2 rings (SSSR count). The smallest absolute Gasteiger partial charge is 0.220 e. The van der Waals surface area contributed by atoms with E-state index in [2.05, 4.69) is 36.7 Å². The van der Waals surface area contributed by atoms with Crippen LogP contribution in [0.15, 0.2) is 17.5 Å². The third kappa shape index (κ3) is 4.34. The highest BCUT2D eigenvalue weighted by Gasteiger charge is 2.27. The zero-order chi connectivity index (χ0) is 13.7. The Morgan fingerprint density at radius 2 is 2.26 bits per heavy atom. The van der Waals surface area contributed by atoms with Crippen molar-refractivity contribution in [1.29, 1.82) is 0 Å². The highest BCUT2D eigenvalue weighted by atomic mass is 32.1. The van der Waals surface area contributed by atoms with Crippen molar-refractivity contribution in [3.63, 3.8) is 0 Å². The van der Waals surface area contributed by atoms with Gasteiger partial charge in [0, 0.05) is 17.3 Å². The van der Waals surface area contributed by atoms with Gasteiger partial charge in [0.15, 0.2) is 0 Å². The first-order chi connectivity index (χ1) is 9.16. The second-order valence-corrected chi connectivity index (χ2v) is 6.91. The molecule has 1 fully saturated rings. The summed E-state index contributed by atoms with van der Waals surface area (Å²) in [6.07, 6.45) is 6.37. The van der Waals surface area contributed by atoms with Crippen molar-refractivity contribution in [2.75, 3.05) is 0 Å². The summed E-state index contributed by atoms with van der Waals surface area (Å²) < 4.78 is 0. The number of carbonyl (C=O) groups is 1. The molecule has 3 heteroatoms. The SMILES string of the molecule is C[C@@H]1[C@H](C)CCC[C@@H]1NC(=O)CCCc1cccs1. The largest absolute Gasteiger partial charge is 0.353 e. The van der Waals surface area contributed by atoms with Crippen LogP contribution in [0.3, 0.4) is 0 Å². The first-order valence-corrected chi connectivity index (χ1v) is 8.36. The van der Waals surface area contributed by atoms with Crippen LogP contribution in [0.2, 0.25) is 0 Å². The van der Waals surface area contributed by atoms with Gasteiger partial charge in [-0.05, 0) is 42.5 Å². The van der Waals surface area contributed by atoms with Crippen molar-refractivity contribution in [2.45, 2.75) is 58.4 Å². The number of amides is 1. The van der Waals surface area contributed by atoms with Crippen LogP contribution in [0, 0.1) is 11.8 Å². The quantitative estimate of drug-likeness (QED) is 0.867. The Hall–Kier alpha value is -0.830. The van der Waals surface area contributed by atoms with Gasteiger partial charge in [0.2, 0.25) is 5.91 Å². The zero-order valence-corrected chi connectivity index (χ0v) is 12.8. The predicted molar refractivity (Wildman–Crippen MR) is 81.4 cm³/mol. The molecule has 1 N–H and O–H groups in total. The highest BCUT2D eigenvalue weighted by Crippen LogP contribution is 2.29. The molecule has 0 unspecified atom stereocenters. The normalized spacial score (nSPS) is 27.2. The van der Waals surface area contributed by atoms with Crippen LogP contribution in [-0.2, 0) is 11.2 Å². The third-order valence-electron chi connectivity index (χ3n) is 4.46. The molecule has 1 saturated carbocycles.